The Morgan fingerprint density at radius 2 is 1.67 bits per heavy atom. The number of rotatable bonds is 9. The Morgan fingerprint density at radius 3 is 2.27 bits per heavy atom. The number of esters is 1. The Bertz CT molecular complexity index is 1140. The van der Waals surface area contributed by atoms with Crippen molar-refractivity contribution < 1.29 is 33.0 Å². The van der Waals surface area contributed by atoms with E-state index in [4.69, 9.17) is 46.6 Å². The zero-order valence-electron chi connectivity index (χ0n) is 17.8. The SMILES string of the molecule is COc1cc(-c2nnc(COC(=O)CNC(=O)c3ccc(Cl)c(Cl)c3)o2)cc(OC)c1OC. The summed E-state index contributed by atoms with van der Waals surface area (Å²) in [7, 11) is 4.46. The number of aromatic nitrogens is 2. The van der Waals surface area contributed by atoms with Crippen LogP contribution in [-0.4, -0.2) is 49.9 Å². The monoisotopic (exact) mass is 495 g/mol. The highest BCUT2D eigenvalue weighted by molar-refractivity contribution is 6.42. The van der Waals surface area contributed by atoms with Crippen molar-refractivity contribution in [3.05, 3.63) is 51.8 Å². The molecule has 0 atom stereocenters. The number of hydrogen-bond donors (Lipinski definition) is 1. The average molecular weight is 496 g/mol. The van der Waals surface area contributed by atoms with Crippen molar-refractivity contribution in [3.63, 3.8) is 0 Å². The van der Waals surface area contributed by atoms with Crippen LogP contribution in [0.1, 0.15) is 16.2 Å². The summed E-state index contributed by atoms with van der Waals surface area (Å²) in [6, 6.07) is 7.65. The Labute approximate surface area is 198 Å². The zero-order chi connectivity index (χ0) is 24.0. The van der Waals surface area contributed by atoms with Crippen molar-refractivity contribution in [2.24, 2.45) is 0 Å². The van der Waals surface area contributed by atoms with Crippen LogP contribution in [0.3, 0.4) is 0 Å². The third kappa shape index (κ3) is 5.85. The Morgan fingerprint density at radius 1 is 0.970 bits per heavy atom. The average Bonchev–Trinajstić information content (AvgIpc) is 3.31. The highest BCUT2D eigenvalue weighted by atomic mass is 35.5. The van der Waals surface area contributed by atoms with Gasteiger partial charge < -0.3 is 28.7 Å². The fourth-order valence-electron chi connectivity index (χ4n) is 2.72. The van der Waals surface area contributed by atoms with Crippen molar-refractivity contribution in [2.45, 2.75) is 6.61 Å². The highest BCUT2D eigenvalue weighted by Gasteiger charge is 2.18. The minimum atomic E-state index is -0.698. The molecule has 0 aliphatic rings. The molecule has 1 amide bonds. The molecule has 0 saturated carbocycles. The Kier molecular flexibility index (Phi) is 7.96. The van der Waals surface area contributed by atoms with Crippen molar-refractivity contribution >= 4 is 35.1 Å². The van der Waals surface area contributed by atoms with Gasteiger partial charge in [0.25, 0.3) is 11.8 Å². The molecule has 1 aromatic heterocycles. The molecule has 0 spiro atoms. The molecule has 0 unspecified atom stereocenters. The summed E-state index contributed by atoms with van der Waals surface area (Å²) >= 11 is 11.7. The summed E-state index contributed by atoms with van der Waals surface area (Å²) in [5, 5.41) is 10.8. The van der Waals surface area contributed by atoms with Crippen molar-refractivity contribution in [2.75, 3.05) is 27.9 Å². The molecule has 174 valence electrons. The number of hydrogen-bond acceptors (Lipinski definition) is 9. The van der Waals surface area contributed by atoms with Crippen LogP contribution in [-0.2, 0) is 16.1 Å². The standard InChI is InChI=1S/C21H19Cl2N3O7/c1-29-15-7-12(8-16(30-2)19(15)31-3)21-26-25-17(33-21)10-32-18(27)9-24-20(28)11-4-5-13(22)14(23)6-11/h4-8H,9-10H2,1-3H3,(H,24,28). The van der Waals surface area contributed by atoms with Gasteiger partial charge in [-0.2, -0.15) is 0 Å². The van der Waals surface area contributed by atoms with Crippen LogP contribution in [0, 0.1) is 0 Å². The number of amides is 1. The minimum absolute atomic E-state index is 0.0583. The van der Waals surface area contributed by atoms with Gasteiger partial charge >= 0.3 is 5.97 Å². The Balaban J connectivity index is 1.58. The van der Waals surface area contributed by atoms with Gasteiger partial charge in [-0.05, 0) is 30.3 Å². The third-order valence-corrected chi connectivity index (χ3v) is 5.05. The van der Waals surface area contributed by atoms with E-state index >= 15 is 0 Å². The first kappa shape index (κ1) is 24.1. The third-order valence-electron chi connectivity index (χ3n) is 4.31. The van der Waals surface area contributed by atoms with Crippen LogP contribution in [0.2, 0.25) is 10.0 Å². The lowest BCUT2D eigenvalue weighted by Gasteiger charge is -2.12. The molecule has 0 aliphatic carbocycles. The van der Waals surface area contributed by atoms with Gasteiger partial charge in [-0.25, -0.2) is 0 Å². The minimum Gasteiger partial charge on any atom is -0.493 e. The van der Waals surface area contributed by atoms with Crippen LogP contribution in [0.25, 0.3) is 11.5 Å². The fraction of sp³-hybridized carbons (Fsp3) is 0.238. The molecule has 10 nitrogen and oxygen atoms in total. The summed E-state index contributed by atoms with van der Waals surface area (Å²) in [4.78, 5) is 24.1. The summed E-state index contributed by atoms with van der Waals surface area (Å²) < 4.78 is 26.5. The van der Waals surface area contributed by atoms with E-state index in [1.54, 1.807) is 12.1 Å². The quantitative estimate of drug-likeness (QED) is 0.443. The van der Waals surface area contributed by atoms with Gasteiger partial charge in [-0.3, -0.25) is 9.59 Å². The first-order chi connectivity index (χ1) is 15.9. The van der Waals surface area contributed by atoms with Gasteiger partial charge in [0.1, 0.15) is 6.54 Å². The molecule has 0 bridgehead atoms. The predicted molar refractivity (Wildman–Crippen MR) is 118 cm³/mol. The second kappa shape index (κ2) is 10.9. The van der Waals surface area contributed by atoms with E-state index in [9.17, 15) is 9.59 Å². The second-order valence-corrected chi connectivity index (χ2v) is 7.20. The second-order valence-electron chi connectivity index (χ2n) is 6.39. The fourth-order valence-corrected chi connectivity index (χ4v) is 3.02. The number of halogens is 2. The van der Waals surface area contributed by atoms with Gasteiger partial charge in [0.05, 0.1) is 31.4 Å². The summed E-state index contributed by atoms with van der Waals surface area (Å²) in [5.74, 6) is 0.256. The first-order valence-electron chi connectivity index (χ1n) is 9.37. The van der Waals surface area contributed by atoms with Crippen molar-refractivity contribution in [3.8, 4) is 28.7 Å². The molecule has 1 N–H and O–H groups in total. The van der Waals surface area contributed by atoms with Crippen LogP contribution in [0.4, 0.5) is 0 Å². The van der Waals surface area contributed by atoms with Gasteiger partial charge in [0, 0.05) is 11.1 Å². The van der Waals surface area contributed by atoms with Gasteiger partial charge in [-0.15, -0.1) is 10.2 Å². The number of nitrogens with zero attached hydrogens (tertiary/aromatic N) is 2. The van der Waals surface area contributed by atoms with Crippen LogP contribution in [0.5, 0.6) is 17.2 Å². The van der Waals surface area contributed by atoms with Gasteiger partial charge in [-0.1, -0.05) is 23.2 Å². The van der Waals surface area contributed by atoms with E-state index in [0.29, 0.717) is 27.8 Å². The smallest absolute Gasteiger partial charge is 0.325 e. The normalized spacial score (nSPS) is 10.5. The number of carbonyl (C=O) groups is 2. The van der Waals surface area contributed by atoms with E-state index < -0.39 is 11.9 Å². The van der Waals surface area contributed by atoms with Crippen LogP contribution >= 0.6 is 23.2 Å². The van der Waals surface area contributed by atoms with E-state index in [-0.39, 0.29) is 35.5 Å². The molecular formula is C21H19Cl2N3O7. The van der Waals surface area contributed by atoms with E-state index in [1.807, 2.05) is 0 Å². The largest absolute Gasteiger partial charge is 0.493 e. The lowest BCUT2D eigenvalue weighted by atomic mass is 10.2. The van der Waals surface area contributed by atoms with Crippen LogP contribution in [0.15, 0.2) is 34.7 Å². The van der Waals surface area contributed by atoms with Crippen LogP contribution < -0.4 is 19.5 Å². The lowest BCUT2D eigenvalue weighted by Crippen LogP contribution is -2.30. The summed E-state index contributed by atoms with van der Waals surface area (Å²) in [6.45, 7) is -0.647. The molecular weight excluding hydrogens is 477 g/mol. The number of nitrogens with one attached hydrogen (secondary N) is 1. The van der Waals surface area contributed by atoms with E-state index in [0.717, 1.165) is 0 Å². The molecule has 0 aliphatic heterocycles. The maximum Gasteiger partial charge on any atom is 0.325 e. The predicted octanol–water partition coefficient (Wildman–Crippen LogP) is 3.54. The number of carbonyl (C=O) groups excluding carboxylic acids is 2. The number of methoxy groups -OCH3 is 3. The maximum atomic E-state index is 12.1. The molecule has 33 heavy (non-hydrogen) atoms. The zero-order valence-corrected chi connectivity index (χ0v) is 19.3. The number of benzene rings is 2. The summed E-state index contributed by atoms with van der Waals surface area (Å²) in [5.41, 5.74) is 0.771. The topological polar surface area (TPSA) is 122 Å². The molecule has 0 radical (unpaired) electrons. The first-order valence-corrected chi connectivity index (χ1v) is 10.1. The van der Waals surface area contributed by atoms with Gasteiger partial charge in [0.15, 0.2) is 18.1 Å². The molecule has 0 saturated heterocycles. The molecule has 3 aromatic rings. The molecule has 3 rings (SSSR count). The van der Waals surface area contributed by atoms with Crippen molar-refractivity contribution in [1.82, 2.24) is 15.5 Å². The van der Waals surface area contributed by atoms with Gasteiger partial charge in [0.2, 0.25) is 11.6 Å². The van der Waals surface area contributed by atoms with E-state index in [1.165, 1.54) is 39.5 Å². The lowest BCUT2D eigenvalue weighted by molar-refractivity contribution is -0.144. The highest BCUT2D eigenvalue weighted by Crippen LogP contribution is 2.40. The van der Waals surface area contributed by atoms with E-state index in [2.05, 4.69) is 15.5 Å². The molecule has 1 heterocycles. The molecule has 0 fully saturated rings. The molecule has 2 aromatic carbocycles. The van der Waals surface area contributed by atoms with Crippen molar-refractivity contribution in [1.29, 1.82) is 0 Å². The molecule has 12 heteroatoms. The Hall–Kier alpha value is -3.50. The maximum absolute atomic E-state index is 12.1. The summed E-state index contributed by atoms with van der Waals surface area (Å²) in [6.07, 6.45) is 0. The number of ether oxygens (including phenoxy) is 4.